The van der Waals surface area contributed by atoms with E-state index in [4.69, 9.17) is 0 Å². The summed E-state index contributed by atoms with van der Waals surface area (Å²) in [5, 5.41) is 12.4. The molecule has 100 valence electrons. The van der Waals surface area contributed by atoms with E-state index >= 15 is 0 Å². The molecule has 1 heterocycles. The minimum Gasteiger partial charge on any atom is -0.301 e. The fraction of sp³-hybridized carbons (Fsp3) is 0.357. The monoisotopic (exact) mass is 275 g/mol. The van der Waals surface area contributed by atoms with Crippen molar-refractivity contribution < 1.29 is 4.79 Å². The Kier molecular flexibility index (Phi) is 4.63. The van der Waals surface area contributed by atoms with Gasteiger partial charge in [0.2, 0.25) is 11.0 Å². The van der Waals surface area contributed by atoms with E-state index in [-0.39, 0.29) is 5.91 Å². The molecule has 2 rings (SSSR count). The fourth-order valence-electron chi connectivity index (χ4n) is 1.69. The number of carbonyl (C=O) groups is 1. The molecule has 0 saturated heterocycles. The molecule has 0 fully saturated rings. The van der Waals surface area contributed by atoms with E-state index in [1.54, 1.807) is 0 Å². The average molecular weight is 275 g/mol. The van der Waals surface area contributed by atoms with Crippen LogP contribution in [-0.2, 0) is 11.2 Å². The molecule has 1 N–H and O–H groups in total. The highest BCUT2D eigenvalue weighted by Gasteiger charge is 2.09. The summed E-state index contributed by atoms with van der Waals surface area (Å²) in [4.78, 5) is 11.6. The predicted molar refractivity (Wildman–Crippen MR) is 77.2 cm³/mol. The number of amides is 1. The molecule has 5 heteroatoms. The quantitative estimate of drug-likeness (QED) is 0.912. The topological polar surface area (TPSA) is 54.9 Å². The lowest BCUT2D eigenvalue weighted by molar-refractivity contribution is -0.116. The Labute approximate surface area is 116 Å². The Balaban J connectivity index is 1.94. The molecule has 0 bridgehead atoms. The van der Waals surface area contributed by atoms with Crippen molar-refractivity contribution >= 4 is 22.4 Å². The van der Waals surface area contributed by atoms with E-state index in [2.05, 4.69) is 27.6 Å². The van der Waals surface area contributed by atoms with Crippen LogP contribution in [0.1, 0.15) is 30.8 Å². The van der Waals surface area contributed by atoms with Gasteiger partial charge < -0.3 is 5.32 Å². The zero-order valence-electron chi connectivity index (χ0n) is 11.1. The number of nitrogens with zero attached hydrogens (tertiary/aromatic N) is 2. The van der Waals surface area contributed by atoms with Crippen LogP contribution >= 0.6 is 11.3 Å². The summed E-state index contributed by atoms with van der Waals surface area (Å²) in [6.45, 7) is 4.03. The second-order valence-corrected chi connectivity index (χ2v) is 5.87. The van der Waals surface area contributed by atoms with Crippen molar-refractivity contribution in [3.8, 4) is 0 Å². The van der Waals surface area contributed by atoms with Gasteiger partial charge in [0.25, 0.3) is 0 Å². The van der Waals surface area contributed by atoms with Crippen molar-refractivity contribution in [3.05, 3.63) is 40.9 Å². The van der Waals surface area contributed by atoms with E-state index in [9.17, 15) is 4.79 Å². The van der Waals surface area contributed by atoms with Crippen LogP contribution in [0, 0.1) is 5.92 Å². The molecular formula is C14H17N3OS. The number of hydrogen-bond acceptors (Lipinski definition) is 4. The summed E-state index contributed by atoms with van der Waals surface area (Å²) in [6, 6.07) is 10.1. The van der Waals surface area contributed by atoms with Gasteiger partial charge in [0.1, 0.15) is 5.01 Å². The zero-order valence-corrected chi connectivity index (χ0v) is 11.9. The van der Waals surface area contributed by atoms with Crippen LogP contribution in [0.5, 0.6) is 0 Å². The SMILES string of the molecule is CC(C)CC(=O)Nc1nnc(Cc2ccccc2)s1. The molecule has 0 atom stereocenters. The van der Waals surface area contributed by atoms with Gasteiger partial charge in [0, 0.05) is 12.8 Å². The molecule has 0 aliphatic rings. The van der Waals surface area contributed by atoms with E-state index in [0.29, 0.717) is 17.5 Å². The normalized spacial score (nSPS) is 10.7. The van der Waals surface area contributed by atoms with Gasteiger partial charge in [-0.25, -0.2) is 0 Å². The number of nitrogens with one attached hydrogen (secondary N) is 1. The van der Waals surface area contributed by atoms with Crippen LogP contribution in [0.2, 0.25) is 0 Å². The molecule has 0 spiro atoms. The number of hydrogen-bond donors (Lipinski definition) is 1. The van der Waals surface area contributed by atoms with Gasteiger partial charge in [-0.05, 0) is 11.5 Å². The van der Waals surface area contributed by atoms with Crippen molar-refractivity contribution in [2.75, 3.05) is 5.32 Å². The Bertz CT molecular complexity index is 537. The van der Waals surface area contributed by atoms with Gasteiger partial charge in [-0.3, -0.25) is 4.79 Å². The molecule has 0 unspecified atom stereocenters. The van der Waals surface area contributed by atoms with Crippen molar-refractivity contribution in [1.82, 2.24) is 10.2 Å². The number of anilines is 1. The molecule has 4 nitrogen and oxygen atoms in total. The Morgan fingerprint density at radius 3 is 2.68 bits per heavy atom. The minimum absolute atomic E-state index is 0.00240. The lowest BCUT2D eigenvalue weighted by Crippen LogP contribution is -2.13. The van der Waals surface area contributed by atoms with Crippen LogP contribution in [0.15, 0.2) is 30.3 Å². The second kappa shape index (κ2) is 6.43. The van der Waals surface area contributed by atoms with Gasteiger partial charge in [-0.2, -0.15) is 0 Å². The molecule has 0 aliphatic heterocycles. The standard InChI is InChI=1S/C14H17N3OS/c1-10(2)8-12(18)15-14-17-16-13(19-14)9-11-6-4-3-5-7-11/h3-7,10H,8-9H2,1-2H3,(H,15,17,18). The molecular weight excluding hydrogens is 258 g/mol. The smallest absolute Gasteiger partial charge is 0.226 e. The first-order valence-electron chi connectivity index (χ1n) is 6.29. The maximum atomic E-state index is 11.6. The highest BCUT2D eigenvalue weighted by atomic mass is 32.1. The average Bonchev–Trinajstić information content (AvgIpc) is 2.76. The van der Waals surface area contributed by atoms with Gasteiger partial charge in [0.15, 0.2) is 0 Å². The van der Waals surface area contributed by atoms with Gasteiger partial charge >= 0.3 is 0 Å². The van der Waals surface area contributed by atoms with Crippen LogP contribution in [0.3, 0.4) is 0 Å². The molecule has 2 aromatic rings. The second-order valence-electron chi connectivity index (χ2n) is 4.81. The molecule has 1 aromatic heterocycles. The maximum Gasteiger partial charge on any atom is 0.226 e. The molecule has 1 amide bonds. The number of aromatic nitrogens is 2. The maximum absolute atomic E-state index is 11.6. The third kappa shape index (κ3) is 4.44. The van der Waals surface area contributed by atoms with E-state index in [0.717, 1.165) is 11.4 Å². The third-order valence-corrected chi connectivity index (χ3v) is 3.34. The van der Waals surface area contributed by atoms with Gasteiger partial charge in [-0.1, -0.05) is 55.5 Å². The van der Waals surface area contributed by atoms with E-state index in [1.807, 2.05) is 32.0 Å². The number of rotatable bonds is 5. The zero-order chi connectivity index (χ0) is 13.7. The van der Waals surface area contributed by atoms with Crippen LogP contribution in [-0.4, -0.2) is 16.1 Å². The fourth-order valence-corrected chi connectivity index (χ4v) is 2.48. The first kappa shape index (κ1) is 13.7. The third-order valence-electron chi connectivity index (χ3n) is 2.51. The summed E-state index contributed by atoms with van der Waals surface area (Å²) in [5.74, 6) is 0.342. The van der Waals surface area contributed by atoms with Gasteiger partial charge in [0.05, 0.1) is 0 Å². The summed E-state index contributed by atoms with van der Waals surface area (Å²) in [7, 11) is 0. The summed E-state index contributed by atoms with van der Waals surface area (Å²) >= 11 is 1.43. The van der Waals surface area contributed by atoms with Crippen molar-refractivity contribution in [3.63, 3.8) is 0 Å². The lowest BCUT2D eigenvalue weighted by atomic mass is 10.1. The molecule has 1 aromatic carbocycles. The molecule has 0 radical (unpaired) electrons. The van der Waals surface area contributed by atoms with Gasteiger partial charge in [-0.15, -0.1) is 10.2 Å². The summed E-state index contributed by atoms with van der Waals surface area (Å²) < 4.78 is 0. The highest BCUT2D eigenvalue weighted by Crippen LogP contribution is 2.19. The minimum atomic E-state index is -0.00240. The van der Waals surface area contributed by atoms with Crippen LogP contribution in [0.4, 0.5) is 5.13 Å². The highest BCUT2D eigenvalue weighted by molar-refractivity contribution is 7.15. The predicted octanol–water partition coefficient (Wildman–Crippen LogP) is 3.11. The first-order chi connectivity index (χ1) is 9.13. The Hall–Kier alpha value is -1.75. The number of benzene rings is 1. The molecule has 0 saturated carbocycles. The van der Waals surface area contributed by atoms with Crippen LogP contribution < -0.4 is 5.32 Å². The van der Waals surface area contributed by atoms with Crippen molar-refractivity contribution in [2.45, 2.75) is 26.7 Å². The van der Waals surface area contributed by atoms with E-state index in [1.165, 1.54) is 16.9 Å². The van der Waals surface area contributed by atoms with Crippen LogP contribution in [0.25, 0.3) is 0 Å². The first-order valence-corrected chi connectivity index (χ1v) is 7.11. The van der Waals surface area contributed by atoms with E-state index < -0.39 is 0 Å². The lowest BCUT2D eigenvalue weighted by Gasteiger charge is -2.02. The Morgan fingerprint density at radius 2 is 2.00 bits per heavy atom. The summed E-state index contributed by atoms with van der Waals surface area (Å²) in [6.07, 6.45) is 1.26. The molecule has 0 aliphatic carbocycles. The Morgan fingerprint density at radius 1 is 1.26 bits per heavy atom. The van der Waals surface area contributed by atoms with Crippen molar-refractivity contribution in [2.24, 2.45) is 5.92 Å². The number of carbonyl (C=O) groups excluding carboxylic acids is 1. The summed E-state index contributed by atoms with van der Waals surface area (Å²) in [5.41, 5.74) is 1.19. The van der Waals surface area contributed by atoms with Crippen molar-refractivity contribution in [1.29, 1.82) is 0 Å². The molecule has 19 heavy (non-hydrogen) atoms. The largest absolute Gasteiger partial charge is 0.301 e.